The van der Waals surface area contributed by atoms with Gasteiger partial charge >= 0.3 is 0 Å². The van der Waals surface area contributed by atoms with Crippen LogP contribution in [-0.2, 0) is 6.42 Å². The lowest BCUT2D eigenvalue weighted by molar-refractivity contribution is 0.513. The van der Waals surface area contributed by atoms with Crippen LogP contribution in [0.1, 0.15) is 41.6 Å². The predicted molar refractivity (Wildman–Crippen MR) is 84.4 cm³/mol. The number of halogens is 1. The molecule has 2 aromatic rings. The Morgan fingerprint density at radius 2 is 1.90 bits per heavy atom. The second kappa shape index (κ2) is 6.96. The van der Waals surface area contributed by atoms with Crippen LogP contribution in [0.25, 0.3) is 0 Å². The van der Waals surface area contributed by atoms with Gasteiger partial charge in [-0.3, -0.25) is 0 Å². The molecular weight excluding hydrogens is 270 g/mol. The number of aryl methyl sites for hydroxylation is 2. The predicted octanol–water partition coefficient (Wildman–Crippen LogP) is 4.83. The van der Waals surface area contributed by atoms with Gasteiger partial charge in [-0.25, -0.2) is 0 Å². The van der Waals surface area contributed by atoms with Crippen LogP contribution in [0.2, 0.25) is 5.22 Å². The summed E-state index contributed by atoms with van der Waals surface area (Å²) in [5.41, 5.74) is 4.97. The molecule has 0 radical (unpaired) electrons. The van der Waals surface area contributed by atoms with Gasteiger partial charge in [-0.15, -0.1) is 0 Å². The van der Waals surface area contributed by atoms with Crippen molar-refractivity contribution in [3.05, 3.63) is 58.0 Å². The molecule has 2 rings (SSSR count). The second-order valence-corrected chi connectivity index (χ2v) is 5.70. The van der Waals surface area contributed by atoms with Crippen LogP contribution in [0.5, 0.6) is 0 Å². The van der Waals surface area contributed by atoms with E-state index in [1.165, 1.54) is 16.7 Å². The van der Waals surface area contributed by atoms with E-state index in [2.05, 4.69) is 44.3 Å². The van der Waals surface area contributed by atoms with E-state index in [1.54, 1.807) is 6.26 Å². The highest BCUT2D eigenvalue weighted by Crippen LogP contribution is 2.27. The summed E-state index contributed by atoms with van der Waals surface area (Å²) in [4.78, 5) is 0. The van der Waals surface area contributed by atoms with Crippen molar-refractivity contribution in [3.8, 4) is 0 Å². The largest absolute Gasteiger partial charge is 0.453 e. The van der Waals surface area contributed by atoms with Gasteiger partial charge in [-0.05, 0) is 56.5 Å². The second-order valence-electron chi connectivity index (χ2n) is 5.36. The van der Waals surface area contributed by atoms with Crippen LogP contribution in [0.3, 0.4) is 0 Å². The Morgan fingerprint density at radius 1 is 1.20 bits per heavy atom. The Kier molecular flexibility index (Phi) is 5.27. The van der Waals surface area contributed by atoms with Crippen LogP contribution in [0.15, 0.2) is 34.9 Å². The molecule has 0 aliphatic heterocycles. The van der Waals surface area contributed by atoms with Crippen LogP contribution >= 0.6 is 11.6 Å². The van der Waals surface area contributed by atoms with E-state index < -0.39 is 0 Å². The maximum atomic E-state index is 6.14. The molecule has 1 heterocycles. The minimum absolute atomic E-state index is 0.197. The fourth-order valence-corrected chi connectivity index (χ4v) is 2.83. The van der Waals surface area contributed by atoms with E-state index in [0.29, 0.717) is 5.22 Å². The van der Waals surface area contributed by atoms with E-state index in [1.807, 2.05) is 6.07 Å². The zero-order valence-electron chi connectivity index (χ0n) is 12.4. The third-order valence-electron chi connectivity index (χ3n) is 3.38. The number of benzene rings is 1. The summed E-state index contributed by atoms with van der Waals surface area (Å²) >= 11 is 6.14. The van der Waals surface area contributed by atoms with Crippen molar-refractivity contribution in [2.24, 2.45) is 0 Å². The van der Waals surface area contributed by atoms with Crippen LogP contribution < -0.4 is 5.32 Å². The molecule has 1 atom stereocenters. The average molecular weight is 292 g/mol. The third kappa shape index (κ3) is 3.87. The highest BCUT2D eigenvalue weighted by molar-refractivity contribution is 6.29. The van der Waals surface area contributed by atoms with E-state index in [-0.39, 0.29) is 6.04 Å². The molecule has 0 spiro atoms. The van der Waals surface area contributed by atoms with Gasteiger partial charge < -0.3 is 9.73 Å². The molecule has 108 valence electrons. The summed E-state index contributed by atoms with van der Waals surface area (Å²) in [6.45, 7) is 7.40. The molecule has 20 heavy (non-hydrogen) atoms. The number of hydrogen-bond acceptors (Lipinski definition) is 2. The lowest BCUT2D eigenvalue weighted by atomic mass is 9.98. The average Bonchev–Trinajstić information content (AvgIpc) is 2.79. The number of furan rings is 1. The first kappa shape index (κ1) is 15.1. The highest BCUT2D eigenvalue weighted by Gasteiger charge is 2.17. The Labute approximate surface area is 126 Å². The van der Waals surface area contributed by atoms with Gasteiger partial charge in [0.25, 0.3) is 0 Å². The first-order chi connectivity index (χ1) is 9.60. The first-order valence-corrected chi connectivity index (χ1v) is 7.51. The number of hydrogen-bond donors (Lipinski definition) is 1. The minimum Gasteiger partial charge on any atom is -0.453 e. The molecule has 1 N–H and O–H groups in total. The summed E-state index contributed by atoms with van der Waals surface area (Å²) < 4.78 is 5.24. The van der Waals surface area contributed by atoms with E-state index in [9.17, 15) is 0 Å². The summed E-state index contributed by atoms with van der Waals surface area (Å²) in [6, 6.07) is 8.83. The SMILES string of the molecule is CCCNC(Cc1cc(C)cc(C)c1)c1ccoc1Cl. The minimum atomic E-state index is 0.197. The van der Waals surface area contributed by atoms with Gasteiger partial charge in [-0.1, -0.05) is 36.2 Å². The quantitative estimate of drug-likeness (QED) is 0.824. The van der Waals surface area contributed by atoms with Gasteiger partial charge in [0.15, 0.2) is 5.22 Å². The molecule has 0 saturated carbocycles. The Morgan fingerprint density at radius 3 is 2.45 bits per heavy atom. The third-order valence-corrected chi connectivity index (χ3v) is 3.69. The van der Waals surface area contributed by atoms with Crippen molar-refractivity contribution in [1.29, 1.82) is 0 Å². The standard InChI is InChI=1S/C17H22ClNO/c1-4-6-19-16(15-5-7-20-17(15)18)11-14-9-12(2)8-13(3)10-14/h5,7-10,16,19H,4,6,11H2,1-3H3. The van der Waals surface area contributed by atoms with Gasteiger partial charge in [0, 0.05) is 11.6 Å². The number of rotatable bonds is 6. The summed E-state index contributed by atoms with van der Waals surface area (Å²) in [6.07, 6.45) is 3.67. The Balaban J connectivity index is 2.21. The molecule has 0 amide bonds. The summed E-state index contributed by atoms with van der Waals surface area (Å²) in [5.74, 6) is 0. The molecule has 0 aliphatic carbocycles. The monoisotopic (exact) mass is 291 g/mol. The molecule has 1 aromatic heterocycles. The highest BCUT2D eigenvalue weighted by atomic mass is 35.5. The summed E-state index contributed by atoms with van der Waals surface area (Å²) in [7, 11) is 0. The summed E-state index contributed by atoms with van der Waals surface area (Å²) in [5, 5.41) is 4.04. The molecule has 3 heteroatoms. The van der Waals surface area contributed by atoms with Crippen molar-refractivity contribution < 1.29 is 4.42 Å². The van der Waals surface area contributed by atoms with E-state index >= 15 is 0 Å². The smallest absolute Gasteiger partial charge is 0.197 e. The topological polar surface area (TPSA) is 25.2 Å². The normalized spacial score (nSPS) is 12.6. The zero-order chi connectivity index (χ0) is 14.5. The van der Waals surface area contributed by atoms with Gasteiger partial charge in [0.1, 0.15) is 0 Å². The fraction of sp³-hybridized carbons (Fsp3) is 0.412. The molecule has 0 saturated heterocycles. The molecule has 1 aromatic carbocycles. The Hall–Kier alpha value is -1.25. The van der Waals surface area contributed by atoms with Crippen molar-refractivity contribution >= 4 is 11.6 Å². The Bertz CT molecular complexity index is 542. The van der Waals surface area contributed by atoms with Crippen LogP contribution in [-0.4, -0.2) is 6.54 Å². The maximum Gasteiger partial charge on any atom is 0.197 e. The molecule has 0 fully saturated rings. The molecule has 0 bridgehead atoms. The van der Waals surface area contributed by atoms with Gasteiger partial charge in [0.05, 0.1) is 6.26 Å². The lowest BCUT2D eigenvalue weighted by Crippen LogP contribution is -2.24. The van der Waals surface area contributed by atoms with Crippen molar-refractivity contribution in [1.82, 2.24) is 5.32 Å². The molecule has 0 aliphatic rings. The van der Waals surface area contributed by atoms with Crippen LogP contribution in [0.4, 0.5) is 0 Å². The van der Waals surface area contributed by atoms with Crippen molar-refractivity contribution in [2.75, 3.05) is 6.54 Å². The first-order valence-electron chi connectivity index (χ1n) is 7.13. The lowest BCUT2D eigenvalue weighted by Gasteiger charge is -2.18. The van der Waals surface area contributed by atoms with Crippen LogP contribution in [0, 0.1) is 13.8 Å². The molecule has 2 nitrogen and oxygen atoms in total. The fourth-order valence-electron chi connectivity index (χ4n) is 2.59. The van der Waals surface area contributed by atoms with E-state index in [0.717, 1.165) is 24.9 Å². The van der Waals surface area contributed by atoms with E-state index in [4.69, 9.17) is 16.0 Å². The van der Waals surface area contributed by atoms with Crippen molar-refractivity contribution in [2.45, 2.75) is 39.7 Å². The van der Waals surface area contributed by atoms with Gasteiger partial charge in [0.2, 0.25) is 0 Å². The van der Waals surface area contributed by atoms with Gasteiger partial charge in [-0.2, -0.15) is 0 Å². The molecular formula is C17H22ClNO. The zero-order valence-corrected chi connectivity index (χ0v) is 13.1. The number of nitrogens with one attached hydrogen (secondary N) is 1. The maximum absolute atomic E-state index is 6.14. The van der Waals surface area contributed by atoms with Crippen molar-refractivity contribution in [3.63, 3.8) is 0 Å². The molecule has 1 unspecified atom stereocenters.